The molecule has 0 aliphatic carbocycles. The molecule has 6 nitrogen and oxygen atoms in total. The molecule has 2 heterocycles. The van der Waals surface area contributed by atoms with E-state index in [1.54, 1.807) is 24.9 Å². The molecule has 1 saturated heterocycles. The first-order chi connectivity index (χ1) is 14.5. The normalized spacial score (nSPS) is 16.3. The van der Waals surface area contributed by atoms with Gasteiger partial charge in [-0.15, -0.1) is 0 Å². The third-order valence-corrected chi connectivity index (χ3v) is 5.65. The van der Waals surface area contributed by atoms with Gasteiger partial charge in [0, 0.05) is 39.0 Å². The molecule has 0 radical (unpaired) electrons. The molecule has 162 valence electrons. The number of rotatable bonds is 8. The number of carbonyl (C=O) groups excluding carboxylic acids is 1. The summed E-state index contributed by atoms with van der Waals surface area (Å²) in [6.07, 6.45) is 4.18. The van der Waals surface area contributed by atoms with Gasteiger partial charge >= 0.3 is 0 Å². The van der Waals surface area contributed by atoms with Crippen molar-refractivity contribution in [3.05, 3.63) is 52.7 Å². The second-order valence-electron chi connectivity index (χ2n) is 8.07. The van der Waals surface area contributed by atoms with Gasteiger partial charge in [-0.2, -0.15) is 0 Å². The summed E-state index contributed by atoms with van der Waals surface area (Å²) in [5.41, 5.74) is 2.73. The summed E-state index contributed by atoms with van der Waals surface area (Å²) < 4.78 is 13.4. The summed E-state index contributed by atoms with van der Waals surface area (Å²) in [6.45, 7) is 4.13. The molecule has 1 amide bonds. The third-order valence-electron chi connectivity index (χ3n) is 5.65. The maximum absolute atomic E-state index is 13.4. The molecule has 0 spiro atoms. The lowest BCUT2D eigenvalue weighted by molar-refractivity contribution is -0.130. The molecule has 0 saturated carbocycles. The number of amides is 1. The minimum atomic E-state index is -0.193. The molecule has 2 aromatic rings. The smallest absolute Gasteiger partial charge is 0.222 e. The van der Waals surface area contributed by atoms with E-state index >= 15 is 0 Å². The zero-order valence-corrected chi connectivity index (χ0v) is 18.2. The monoisotopic (exact) mass is 413 g/mol. The highest BCUT2D eigenvalue weighted by atomic mass is 19.1. The molecule has 1 aromatic carbocycles. The van der Waals surface area contributed by atoms with Crippen LogP contribution in [0.5, 0.6) is 0 Å². The van der Waals surface area contributed by atoms with Crippen LogP contribution >= 0.6 is 0 Å². The molecule has 7 heteroatoms. The zero-order chi connectivity index (χ0) is 21.5. The van der Waals surface area contributed by atoms with Gasteiger partial charge in [0.25, 0.3) is 0 Å². The first kappa shape index (κ1) is 22.2. The predicted molar refractivity (Wildman–Crippen MR) is 117 cm³/mol. The van der Waals surface area contributed by atoms with Crippen molar-refractivity contribution in [3.8, 4) is 0 Å². The molecule has 1 aromatic heterocycles. The van der Waals surface area contributed by atoms with E-state index in [1.165, 1.54) is 6.07 Å². The van der Waals surface area contributed by atoms with Gasteiger partial charge in [0.15, 0.2) is 0 Å². The van der Waals surface area contributed by atoms with Crippen molar-refractivity contribution in [1.82, 2.24) is 20.2 Å². The Morgan fingerprint density at radius 2 is 2.17 bits per heavy atom. The average molecular weight is 414 g/mol. The maximum Gasteiger partial charge on any atom is 0.222 e. The highest BCUT2D eigenvalue weighted by molar-refractivity contribution is 5.75. The Kier molecular flexibility index (Phi) is 7.74. The number of anilines is 1. The molecule has 1 atom stereocenters. The summed E-state index contributed by atoms with van der Waals surface area (Å²) in [5, 5.41) is 6.53. The third kappa shape index (κ3) is 5.98. The lowest BCUT2D eigenvalue weighted by Gasteiger charge is -2.23. The van der Waals surface area contributed by atoms with Gasteiger partial charge in [0.2, 0.25) is 5.91 Å². The minimum Gasteiger partial charge on any atom is -0.373 e. The first-order valence-electron chi connectivity index (χ1n) is 10.7. The molecule has 3 rings (SSSR count). The number of aromatic nitrogens is 2. The minimum absolute atomic E-state index is 0.0631. The fraction of sp³-hybridized carbons (Fsp3) is 0.522. The molecule has 0 bridgehead atoms. The van der Waals surface area contributed by atoms with Crippen molar-refractivity contribution < 1.29 is 9.18 Å². The first-order valence-corrected chi connectivity index (χ1v) is 10.7. The summed E-state index contributed by atoms with van der Waals surface area (Å²) in [7, 11) is 3.64. The number of piperidine rings is 1. The van der Waals surface area contributed by atoms with Crippen LogP contribution in [-0.2, 0) is 17.8 Å². The number of hydrogen-bond donors (Lipinski definition) is 2. The zero-order valence-electron chi connectivity index (χ0n) is 18.2. The second kappa shape index (κ2) is 10.5. The number of hydrogen-bond acceptors (Lipinski definition) is 5. The van der Waals surface area contributed by atoms with Crippen molar-refractivity contribution in [2.24, 2.45) is 0 Å². The fourth-order valence-electron chi connectivity index (χ4n) is 3.83. The van der Waals surface area contributed by atoms with Gasteiger partial charge in [0.1, 0.15) is 17.5 Å². The Bertz CT molecular complexity index is 867. The number of halogens is 1. The van der Waals surface area contributed by atoms with E-state index < -0.39 is 0 Å². The van der Waals surface area contributed by atoms with Crippen molar-refractivity contribution in [2.45, 2.75) is 51.5 Å². The molecule has 2 N–H and O–H groups in total. The van der Waals surface area contributed by atoms with Crippen LogP contribution in [0, 0.1) is 12.7 Å². The Morgan fingerprint density at radius 1 is 1.33 bits per heavy atom. The lowest BCUT2D eigenvalue weighted by atomic mass is 9.96. The maximum atomic E-state index is 13.4. The van der Waals surface area contributed by atoms with Gasteiger partial charge < -0.3 is 15.5 Å². The highest BCUT2D eigenvalue weighted by Gasteiger charge is 2.19. The molecule has 1 aliphatic heterocycles. The van der Waals surface area contributed by atoms with Gasteiger partial charge in [-0.1, -0.05) is 12.1 Å². The van der Waals surface area contributed by atoms with Crippen LogP contribution in [0.4, 0.5) is 10.2 Å². The van der Waals surface area contributed by atoms with E-state index in [4.69, 9.17) is 4.98 Å². The van der Waals surface area contributed by atoms with Crippen LogP contribution < -0.4 is 10.6 Å². The van der Waals surface area contributed by atoms with E-state index in [2.05, 4.69) is 15.6 Å². The summed E-state index contributed by atoms with van der Waals surface area (Å²) in [5.74, 6) is 1.70. The van der Waals surface area contributed by atoms with Gasteiger partial charge in [0.05, 0.1) is 12.2 Å². The number of nitrogens with zero attached hydrogens (tertiary/aromatic N) is 3. The second-order valence-corrected chi connectivity index (χ2v) is 8.07. The summed E-state index contributed by atoms with van der Waals surface area (Å²) in [6, 6.07) is 7.13. The van der Waals surface area contributed by atoms with E-state index in [9.17, 15) is 9.18 Å². The molecular weight excluding hydrogens is 381 g/mol. The van der Waals surface area contributed by atoms with Crippen molar-refractivity contribution >= 4 is 11.7 Å². The Hall–Kier alpha value is -2.54. The number of aryl methyl sites for hydroxylation is 2. The standard InChI is InChI=1S/C23H32FN5O/c1-16-12-17(9-10-19(16)24)6-4-8-23(30)29(3)15-22-27-20(13-21(25-2)28-22)18-7-5-11-26-14-18/h9-10,12-13,18,26H,4-8,11,14-15H2,1-3H3,(H,25,27,28)/t18-/m1/s1. The number of benzene rings is 1. The molecule has 1 aliphatic rings. The SMILES string of the molecule is CNc1cc([C@@H]2CCCNC2)nc(CN(C)C(=O)CCCc2ccc(F)c(C)c2)n1. The average Bonchev–Trinajstić information content (AvgIpc) is 2.76. The van der Waals surface area contributed by atoms with Crippen molar-refractivity contribution in [3.63, 3.8) is 0 Å². The molecule has 30 heavy (non-hydrogen) atoms. The Balaban J connectivity index is 1.56. The topological polar surface area (TPSA) is 70.2 Å². The summed E-state index contributed by atoms with van der Waals surface area (Å²) in [4.78, 5) is 23.6. The van der Waals surface area contributed by atoms with E-state index in [0.29, 0.717) is 30.3 Å². The largest absolute Gasteiger partial charge is 0.373 e. The van der Waals surface area contributed by atoms with Gasteiger partial charge in [-0.25, -0.2) is 14.4 Å². The number of nitrogens with one attached hydrogen (secondary N) is 2. The number of carbonyl (C=O) groups is 1. The predicted octanol–water partition coefficient (Wildman–Crippen LogP) is 3.41. The highest BCUT2D eigenvalue weighted by Crippen LogP contribution is 2.23. The van der Waals surface area contributed by atoms with Crippen LogP contribution in [0.3, 0.4) is 0 Å². The molecule has 1 fully saturated rings. The fourth-order valence-corrected chi connectivity index (χ4v) is 3.83. The molecule has 0 unspecified atom stereocenters. The van der Waals surface area contributed by atoms with Crippen LogP contribution in [0.15, 0.2) is 24.3 Å². The van der Waals surface area contributed by atoms with Crippen LogP contribution in [0.2, 0.25) is 0 Å². The van der Waals surface area contributed by atoms with E-state index in [-0.39, 0.29) is 11.7 Å². The Labute approximate surface area is 178 Å². The van der Waals surface area contributed by atoms with E-state index in [0.717, 1.165) is 55.8 Å². The summed E-state index contributed by atoms with van der Waals surface area (Å²) >= 11 is 0. The van der Waals surface area contributed by atoms with E-state index in [1.807, 2.05) is 19.2 Å². The van der Waals surface area contributed by atoms with Crippen LogP contribution in [0.1, 0.15) is 54.2 Å². The quantitative estimate of drug-likeness (QED) is 0.694. The van der Waals surface area contributed by atoms with Crippen LogP contribution in [-0.4, -0.2) is 48.0 Å². The Morgan fingerprint density at radius 3 is 2.87 bits per heavy atom. The van der Waals surface area contributed by atoms with Gasteiger partial charge in [-0.3, -0.25) is 4.79 Å². The van der Waals surface area contributed by atoms with Crippen molar-refractivity contribution in [1.29, 1.82) is 0 Å². The van der Waals surface area contributed by atoms with Gasteiger partial charge in [-0.05, 0) is 56.3 Å². The van der Waals surface area contributed by atoms with Crippen LogP contribution in [0.25, 0.3) is 0 Å². The lowest BCUT2D eigenvalue weighted by Crippen LogP contribution is -2.30. The van der Waals surface area contributed by atoms with Crippen molar-refractivity contribution in [2.75, 3.05) is 32.5 Å². The molecular formula is C23H32FN5O.